The lowest BCUT2D eigenvalue weighted by atomic mass is 10.0. The molecule has 4 heteroatoms. The van der Waals surface area contributed by atoms with Crippen molar-refractivity contribution in [3.8, 4) is 18.2 Å². The monoisotopic (exact) mass is 296 g/mol. The van der Waals surface area contributed by atoms with Crippen LogP contribution in [0.15, 0.2) is 48.7 Å². The highest BCUT2D eigenvalue weighted by Gasteiger charge is 2.15. The minimum atomic E-state index is 0.0141. The van der Waals surface area contributed by atoms with Gasteiger partial charge >= 0.3 is 0 Å². The highest BCUT2D eigenvalue weighted by atomic mass is 15.0. The standard InChI is InChI=1S/C19H12N4/c1-13(15-4-2-3-14(9-15)10-20)23-8-7-17-18(12-22)16(11-21)5-6-19(17)23/h2-9,13H,1H3. The molecule has 0 fully saturated rings. The third kappa shape index (κ3) is 2.31. The Morgan fingerprint density at radius 2 is 1.78 bits per heavy atom. The Morgan fingerprint density at radius 3 is 2.48 bits per heavy atom. The van der Waals surface area contributed by atoms with Gasteiger partial charge in [0.2, 0.25) is 0 Å². The largest absolute Gasteiger partial charge is 0.340 e. The average Bonchev–Trinajstić information content (AvgIpc) is 3.04. The van der Waals surface area contributed by atoms with E-state index in [1.54, 1.807) is 12.1 Å². The Hall–Kier alpha value is -3.55. The SMILES string of the molecule is CC(c1cccc(C#N)c1)n1ccc2c(C#N)c(C#N)ccc21. The second-order valence-electron chi connectivity index (χ2n) is 5.28. The summed E-state index contributed by atoms with van der Waals surface area (Å²) in [6, 6.07) is 19.2. The first-order valence-corrected chi connectivity index (χ1v) is 7.13. The molecule has 0 spiro atoms. The van der Waals surface area contributed by atoms with E-state index in [2.05, 4.69) is 18.2 Å². The molecular weight excluding hydrogens is 284 g/mol. The summed E-state index contributed by atoms with van der Waals surface area (Å²) in [5, 5.41) is 28.3. The lowest BCUT2D eigenvalue weighted by Gasteiger charge is -2.16. The van der Waals surface area contributed by atoms with E-state index in [-0.39, 0.29) is 6.04 Å². The summed E-state index contributed by atoms with van der Waals surface area (Å²) in [5.74, 6) is 0. The molecule has 0 saturated heterocycles. The van der Waals surface area contributed by atoms with Crippen molar-refractivity contribution >= 4 is 10.9 Å². The summed E-state index contributed by atoms with van der Waals surface area (Å²) in [5.41, 5.74) is 3.33. The Bertz CT molecular complexity index is 1020. The Labute approximate surface area is 134 Å². The maximum atomic E-state index is 9.33. The van der Waals surface area contributed by atoms with Gasteiger partial charge in [0.1, 0.15) is 12.1 Å². The molecule has 1 atom stereocenters. The van der Waals surface area contributed by atoms with Crippen LogP contribution in [-0.2, 0) is 0 Å². The fraction of sp³-hybridized carbons (Fsp3) is 0.105. The van der Waals surface area contributed by atoms with Crippen molar-refractivity contribution in [2.24, 2.45) is 0 Å². The number of fused-ring (bicyclic) bond motifs is 1. The molecule has 4 nitrogen and oxygen atoms in total. The lowest BCUT2D eigenvalue weighted by Crippen LogP contribution is -2.05. The number of hydrogen-bond acceptors (Lipinski definition) is 3. The van der Waals surface area contributed by atoms with E-state index >= 15 is 0 Å². The van der Waals surface area contributed by atoms with Crippen LogP contribution in [0.25, 0.3) is 10.9 Å². The van der Waals surface area contributed by atoms with Crippen molar-refractivity contribution in [3.05, 3.63) is 70.9 Å². The fourth-order valence-corrected chi connectivity index (χ4v) is 2.82. The van der Waals surface area contributed by atoms with Gasteiger partial charge < -0.3 is 4.57 Å². The van der Waals surface area contributed by atoms with E-state index in [1.807, 2.05) is 48.0 Å². The summed E-state index contributed by atoms with van der Waals surface area (Å²) in [7, 11) is 0. The molecule has 108 valence electrons. The first-order valence-electron chi connectivity index (χ1n) is 7.13. The smallest absolute Gasteiger partial charge is 0.101 e. The van der Waals surface area contributed by atoms with Crippen LogP contribution in [0.5, 0.6) is 0 Å². The molecule has 0 aliphatic carbocycles. The molecule has 3 aromatic rings. The third-order valence-electron chi connectivity index (χ3n) is 4.05. The zero-order valence-electron chi connectivity index (χ0n) is 12.5. The minimum Gasteiger partial charge on any atom is -0.340 e. The van der Waals surface area contributed by atoms with Crippen LogP contribution in [0.4, 0.5) is 0 Å². The molecule has 0 bridgehead atoms. The number of nitriles is 3. The van der Waals surface area contributed by atoms with E-state index in [4.69, 9.17) is 10.5 Å². The summed E-state index contributed by atoms with van der Waals surface area (Å²) in [6.45, 7) is 2.04. The molecule has 1 aromatic heterocycles. The molecule has 1 unspecified atom stereocenters. The van der Waals surface area contributed by atoms with Crippen LogP contribution in [0.1, 0.15) is 35.2 Å². The van der Waals surface area contributed by atoms with Crippen molar-refractivity contribution in [2.45, 2.75) is 13.0 Å². The second-order valence-corrected chi connectivity index (χ2v) is 5.28. The van der Waals surface area contributed by atoms with Crippen molar-refractivity contribution < 1.29 is 0 Å². The van der Waals surface area contributed by atoms with Gasteiger partial charge in [-0.3, -0.25) is 0 Å². The molecule has 0 aliphatic heterocycles. The van der Waals surface area contributed by atoms with Crippen LogP contribution >= 0.6 is 0 Å². The molecule has 23 heavy (non-hydrogen) atoms. The van der Waals surface area contributed by atoms with Gasteiger partial charge in [-0.2, -0.15) is 15.8 Å². The zero-order chi connectivity index (χ0) is 16.4. The molecule has 0 radical (unpaired) electrons. The summed E-state index contributed by atoms with van der Waals surface area (Å²) < 4.78 is 2.05. The summed E-state index contributed by atoms with van der Waals surface area (Å²) in [4.78, 5) is 0. The van der Waals surface area contributed by atoms with Crippen LogP contribution < -0.4 is 0 Å². The number of aromatic nitrogens is 1. The first kappa shape index (κ1) is 14.4. The molecule has 0 aliphatic rings. The number of hydrogen-bond donors (Lipinski definition) is 0. The first-order chi connectivity index (χ1) is 11.2. The summed E-state index contributed by atoms with van der Waals surface area (Å²) in [6.07, 6.45) is 1.91. The molecule has 0 N–H and O–H groups in total. The van der Waals surface area contributed by atoms with E-state index in [1.165, 1.54) is 0 Å². The van der Waals surface area contributed by atoms with Gasteiger partial charge in [0.15, 0.2) is 0 Å². The zero-order valence-corrected chi connectivity index (χ0v) is 12.5. The predicted octanol–water partition coefficient (Wildman–Crippen LogP) is 3.87. The van der Waals surface area contributed by atoms with Gasteiger partial charge in [0.25, 0.3) is 0 Å². The van der Waals surface area contributed by atoms with E-state index in [0.29, 0.717) is 16.7 Å². The lowest BCUT2D eigenvalue weighted by molar-refractivity contribution is 0.664. The van der Waals surface area contributed by atoms with Gasteiger partial charge in [0, 0.05) is 17.1 Å². The maximum Gasteiger partial charge on any atom is 0.101 e. The Kier molecular flexibility index (Phi) is 3.55. The van der Waals surface area contributed by atoms with Gasteiger partial charge in [-0.15, -0.1) is 0 Å². The minimum absolute atomic E-state index is 0.0141. The quantitative estimate of drug-likeness (QED) is 0.720. The molecule has 3 rings (SSSR count). The van der Waals surface area contributed by atoms with Crippen LogP contribution in [-0.4, -0.2) is 4.57 Å². The average molecular weight is 296 g/mol. The Balaban J connectivity index is 2.16. The predicted molar refractivity (Wildman–Crippen MR) is 86.3 cm³/mol. The number of benzene rings is 2. The van der Waals surface area contributed by atoms with Gasteiger partial charge in [-0.1, -0.05) is 12.1 Å². The summed E-state index contributed by atoms with van der Waals surface area (Å²) >= 11 is 0. The van der Waals surface area contributed by atoms with Crippen LogP contribution in [0.2, 0.25) is 0 Å². The van der Waals surface area contributed by atoms with Crippen molar-refractivity contribution in [1.82, 2.24) is 4.57 Å². The van der Waals surface area contributed by atoms with E-state index < -0.39 is 0 Å². The van der Waals surface area contributed by atoms with Gasteiger partial charge in [-0.25, -0.2) is 0 Å². The highest BCUT2D eigenvalue weighted by Crippen LogP contribution is 2.28. The number of nitrogens with zero attached hydrogens (tertiary/aromatic N) is 4. The van der Waals surface area contributed by atoms with Gasteiger partial charge in [0.05, 0.1) is 28.8 Å². The topological polar surface area (TPSA) is 76.3 Å². The number of rotatable bonds is 2. The molecule has 2 aromatic carbocycles. The van der Waals surface area contributed by atoms with Crippen molar-refractivity contribution in [2.75, 3.05) is 0 Å². The van der Waals surface area contributed by atoms with E-state index in [0.717, 1.165) is 16.5 Å². The van der Waals surface area contributed by atoms with Crippen LogP contribution in [0.3, 0.4) is 0 Å². The third-order valence-corrected chi connectivity index (χ3v) is 4.05. The normalized spacial score (nSPS) is 11.4. The molecular formula is C19H12N4. The second kappa shape index (κ2) is 5.68. The van der Waals surface area contributed by atoms with Crippen molar-refractivity contribution in [3.63, 3.8) is 0 Å². The van der Waals surface area contributed by atoms with Crippen LogP contribution in [0, 0.1) is 34.0 Å². The Morgan fingerprint density at radius 1 is 0.957 bits per heavy atom. The van der Waals surface area contributed by atoms with Gasteiger partial charge in [-0.05, 0) is 42.8 Å². The fourth-order valence-electron chi connectivity index (χ4n) is 2.82. The van der Waals surface area contributed by atoms with Crippen molar-refractivity contribution in [1.29, 1.82) is 15.8 Å². The molecule has 0 saturated carbocycles. The highest BCUT2D eigenvalue weighted by molar-refractivity contribution is 5.88. The molecule has 0 amide bonds. The molecule has 1 heterocycles. The maximum absolute atomic E-state index is 9.33. The van der Waals surface area contributed by atoms with E-state index in [9.17, 15) is 5.26 Å².